The molecule has 5 nitrogen and oxygen atoms in total. The highest BCUT2D eigenvalue weighted by Gasteiger charge is 2.34. The number of fused-ring (bicyclic) bond motifs is 1. The summed E-state index contributed by atoms with van der Waals surface area (Å²) in [5.74, 6) is -1.36. The molecular weight excluding hydrogens is 340 g/mol. The molecule has 3 rings (SSSR count). The number of aliphatic carboxylic acids is 1. The van der Waals surface area contributed by atoms with E-state index in [1.165, 1.54) is 0 Å². The fraction of sp³-hybridized carbons (Fsp3) is 0.263. The maximum Gasteiger partial charge on any atom is 0.326 e. The largest absolute Gasteiger partial charge is 0.480 e. The van der Waals surface area contributed by atoms with Crippen molar-refractivity contribution < 1.29 is 14.7 Å². The average molecular weight is 359 g/mol. The van der Waals surface area contributed by atoms with Crippen molar-refractivity contribution in [3.63, 3.8) is 0 Å². The zero-order valence-corrected chi connectivity index (χ0v) is 14.5. The van der Waals surface area contributed by atoms with Gasteiger partial charge in [-0.05, 0) is 35.9 Å². The minimum atomic E-state index is -1.06. The van der Waals surface area contributed by atoms with Crippen LogP contribution in [-0.4, -0.2) is 35.0 Å². The lowest BCUT2D eigenvalue weighted by Crippen LogP contribution is -2.46. The van der Waals surface area contributed by atoms with Gasteiger partial charge in [-0.15, -0.1) is 0 Å². The number of likely N-dealkylation sites (N-methyl/N-ethyl adjacent to an activating group) is 1. The number of carboxylic acid groups (broad SMARTS) is 1. The maximum absolute atomic E-state index is 12.7. The van der Waals surface area contributed by atoms with E-state index < -0.39 is 18.1 Å². The van der Waals surface area contributed by atoms with Gasteiger partial charge in [-0.3, -0.25) is 9.69 Å². The lowest BCUT2D eigenvalue weighted by Gasteiger charge is -2.22. The molecule has 25 heavy (non-hydrogen) atoms. The summed E-state index contributed by atoms with van der Waals surface area (Å²) in [7, 11) is 1.86. The number of rotatable bonds is 5. The van der Waals surface area contributed by atoms with E-state index in [4.69, 9.17) is 11.6 Å². The van der Waals surface area contributed by atoms with Crippen LogP contribution in [0.25, 0.3) is 0 Å². The van der Waals surface area contributed by atoms with E-state index in [9.17, 15) is 14.7 Å². The summed E-state index contributed by atoms with van der Waals surface area (Å²) < 4.78 is 0. The molecule has 1 aliphatic rings. The first kappa shape index (κ1) is 17.5. The molecule has 0 saturated heterocycles. The van der Waals surface area contributed by atoms with Gasteiger partial charge in [-0.1, -0.05) is 48.0 Å². The normalized spacial score (nSPS) is 17.8. The van der Waals surface area contributed by atoms with Gasteiger partial charge in [0.1, 0.15) is 12.1 Å². The minimum Gasteiger partial charge on any atom is -0.480 e. The lowest BCUT2D eigenvalue weighted by atomic mass is 10.0. The second-order valence-corrected chi connectivity index (χ2v) is 6.68. The van der Waals surface area contributed by atoms with Crippen LogP contribution in [0.15, 0.2) is 48.5 Å². The van der Waals surface area contributed by atoms with Crippen molar-refractivity contribution in [2.75, 3.05) is 7.05 Å². The van der Waals surface area contributed by atoms with Crippen LogP contribution in [0, 0.1) is 0 Å². The van der Waals surface area contributed by atoms with Gasteiger partial charge in [-0.2, -0.15) is 0 Å². The summed E-state index contributed by atoms with van der Waals surface area (Å²) in [5, 5.41) is 12.8. The summed E-state index contributed by atoms with van der Waals surface area (Å²) in [6.07, 6.45) is 0.205. The molecule has 1 aliphatic heterocycles. The quantitative estimate of drug-likeness (QED) is 0.862. The molecule has 130 valence electrons. The molecule has 0 bridgehead atoms. The van der Waals surface area contributed by atoms with Crippen LogP contribution in [0.2, 0.25) is 5.02 Å². The Hall–Kier alpha value is -2.37. The molecule has 6 heteroatoms. The first-order chi connectivity index (χ1) is 12.0. The van der Waals surface area contributed by atoms with E-state index >= 15 is 0 Å². The Morgan fingerprint density at radius 3 is 2.60 bits per heavy atom. The van der Waals surface area contributed by atoms with Gasteiger partial charge in [0, 0.05) is 18.0 Å². The number of carbonyl (C=O) groups is 2. The molecule has 1 heterocycles. The molecule has 0 radical (unpaired) electrons. The van der Waals surface area contributed by atoms with Crippen LogP contribution in [0.1, 0.15) is 22.7 Å². The summed E-state index contributed by atoms with van der Waals surface area (Å²) in [6, 6.07) is 13.2. The molecule has 0 aliphatic carbocycles. The number of halogens is 1. The van der Waals surface area contributed by atoms with Crippen molar-refractivity contribution in [1.82, 2.24) is 10.2 Å². The van der Waals surface area contributed by atoms with E-state index in [1.807, 2.05) is 36.2 Å². The van der Waals surface area contributed by atoms with Crippen LogP contribution in [0.5, 0.6) is 0 Å². The fourth-order valence-corrected chi connectivity index (χ4v) is 3.32. The Labute approximate surface area is 151 Å². The van der Waals surface area contributed by atoms with Gasteiger partial charge >= 0.3 is 5.97 Å². The van der Waals surface area contributed by atoms with Gasteiger partial charge in [0.05, 0.1) is 0 Å². The van der Waals surface area contributed by atoms with Crippen molar-refractivity contribution in [2.45, 2.75) is 25.0 Å². The number of nitrogens with zero attached hydrogens (tertiary/aromatic N) is 1. The summed E-state index contributed by atoms with van der Waals surface area (Å²) in [5.41, 5.74) is 2.82. The van der Waals surface area contributed by atoms with Crippen molar-refractivity contribution in [3.05, 3.63) is 70.2 Å². The standard InChI is InChI=1S/C19H19ClN2O3/c1-22-11-13-4-2-3-5-15(13)17(22)18(23)21-16(19(24)25)10-12-6-8-14(20)9-7-12/h2-9,16-17H,10-11H2,1H3,(H,21,23)(H,24,25)/t16-,17?/m1/s1. The SMILES string of the molecule is CN1Cc2ccccc2C1C(=O)N[C@H](Cc1ccc(Cl)cc1)C(=O)O. The maximum atomic E-state index is 12.7. The summed E-state index contributed by atoms with van der Waals surface area (Å²) in [4.78, 5) is 26.3. The number of nitrogens with one attached hydrogen (secondary N) is 1. The Morgan fingerprint density at radius 1 is 1.24 bits per heavy atom. The van der Waals surface area contributed by atoms with Crippen molar-refractivity contribution in [3.8, 4) is 0 Å². The highest BCUT2D eigenvalue weighted by molar-refractivity contribution is 6.30. The molecule has 0 aromatic heterocycles. The smallest absolute Gasteiger partial charge is 0.326 e. The van der Waals surface area contributed by atoms with Gasteiger partial charge in [-0.25, -0.2) is 4.79 Å². The number of amides is 1. The first-order valence-corrected chi connectivity index (χ1v) is 8.39. The third-order valence-corrected chi connectivity index (χ3v) is 4.68. The molecule has 0 spiro atoms. The average Bonchev–Trinajstić information content (AvgIpc) is 2.91. The molecule has 1 amide bonds. The molecule has 0 fully saturated rings. The molecular formula is C19H19ClN2O3. The Bertz CT molecular complexity index is 792. The van der Waals surface area contributed by atoms with Crippen molar-refractivity contribution in [1.29, 1.82) is 0 Å². The number of carbonyl (C=O) groups excluding carboxylic acids is 1. The predicted molar refractivity (Wildman–Crippen MR) is 95.4 cm³/mol. The predicted octanol–water partition coefficient (Wildman–Crippen LogP) is 2.64. The molecule has 2 N–H and O–H groups in total. The molecule has 2 aromatic rings. The van der Waals surface area contributed by atoms with Crippen molar-refractivity contribution in [2.24, 2.45) is 0 Å². The monoisotopic (exact) mass is 358 g/mol. The molecule has 1 unspecified atom stereocenters. The summed E-state index contributed by atoms with van der Waals surface area (Å²) in [6.45, 7) is 0.670. The van der Waals surface area contributed by atoms with Gasteiger partial charge in [0.2, 0.25) is 5.91 Å². The molecule has 2 aromatic carbocycles. The van der Waals surface area contributed by atoms with Crippen LogP contribution in [0.4, 0.5) is 0 Å². The van der Waals surface area contributed by atoms with E-state index in [0.29, 0.717) is 11.6 Å². The van der Waals surface area contributed by atoms with E-state index in [2.05, 4.69) is 5.32 Å². The Balaban J connectivity index is 1.75. The number of benzene rings is 2. The molecule has 2 atom stereocenters. The zero-order chi connectivity index (χ0) is 18.0. The van der Waals surface area contributed by atoms with Crippen LogP contribution in [0.3, 0.4) is 0 Å². The zero-order valence-electron chi connectivity index (χ0n) is 13.8. The molecule has 0 saturated carbocycles. The van der Waals surface area contributed by atoms with Crippen molar-refractivity contribution >= 4 is 23.5 Å². The fourth-order valence-electron chi connectivity index (χ4n) is 3.19. The number of hydrogen-bond donors (Lipinski definition) is 2. The minimum absolute atomic E-state index is 0.205. The summed E-state index contributed by atoms with van der Waals surface area (Å²) >= 11 is 5.85. The second kappa shape index (κ2) is 7.25. The van der Waals surface area contributed by atoms with Crippen LogP contribution >= 0.6 is 11.6 Å². The van der Waals surface area contributed by atoms with Gasteiger partial charge in [0.15, 0.2) is 0 Å². The first-order valence-electron chi connectivity index (χ1n) is 8.01. The second-order valence-electron chi connectivity index (χ2n) is 6.25. The van der Waals surface area contributed by atoms with E-state index in [-0.39, 0.29) is 12.3 Å². The van der Waals surface area contributed by atoms with E-state index in [1.54, 1.807) is 24.3 Å². The highest BCUT2D eigenvalue weighted by Crippen LogP contribution is 2.32. The number of hydrogen-bond acceptors (Lipinski definition) is 3. The lowest BCUT2D eigenvalue weighted by molar-refractivity contribution is -0.142. The van der Waals surface area contributed by atoms with Gasteiger partial charge < -0.3 is 10.4 Å². The van der Waals surface area contributed by atoms with E-state index in [0.717, 1.165) is 16.7 Å². The van der Waals surface area contributed by atoms with Gasteiger partial charge in [0.25, 0.3) is 0 Å². The third-order valence-electron chi connectivity index (χ3n) is 4.43. The highest BCUT2D eigenvalue weighted by atomic mass is 35.5. The Morgan fingerprint density at radius 2 is 1.92 bits per heavy atom. The topological polar surface area (TPSA) is 69.6 Å². The van der Waals surface area contributed by atoms with Crippen LogP contribution < -0.4 is 5.32 Å². The number of carboxylic acids is 1. The Kier molecular flexibility index (Phi) is 5.06. The van der Waals surface area contributed by atoms with Crippen LogP contribution in [-0.2, 0) is 22.6 Å². The third kappa shape index (κ3) is 3.83.